The normalized spacial score (nSPS) is 22.1. The summed E-state index contributed by atoms with van der Waals surface area (Å²) in [7, 11) is 0. The summed E-state index contributed by atoms with van der Waals surface area (Å²) in [5.41, 5.74) is 1.17. The van der Waals surface area contributed by atoms with Crippen LogP contribution in [0.4, 0.5) is 0 Å². The first-order valence-electron chi connectivity index (χ1n) is 17.1. The molecule has 0 aromatic heterocycles. The minimum absolute atomic E-state index is 0.0116. The van der Waals surface area contributed by atoms with E-state index < -0.39 is 0 Å². The van der Waals surface area contributed by atoms with Gasteiger partial charge in [0.05, 0.1) is 0 Å². The van der Waals surface area contributed by atoms with Gasteiger partial charge in [-0.25, -0.2) is 0 Å². The van der Waals surface area contributed by atoms with Gasteiger partial charge >= 0.3 is 0 Å². The van der Waals surface area contributed by atoms with Crippen LogP contribution in [-0.2, 0) is 14.4 Å². The maximum absolute atomic E-state index is 12.5. The molecule has 3 amide bonds. The molecule has 2 fully saturated rings. The Balaban J connectivity index is 1.58. The lowest BCUT2D eigenvalue weighted by molar-refractivity contribution is -0.130. The van der Waals surface area contributed by atoms with Crippen LogP contribution in [0.2, 0.25) is 0 Å². The summed E-state index contributed by atoms with van der Waals surface area (Å²) in [6, 6.07) is 0.737. The van der Waals surface area contributed by atoms with E-state index in [4.69, 9.17) is 4.99 Å². The summed E-state index contributed by atoms with van der Waals surface area (Å²) in [5, 5.41) is 6.23. The molecule has 0 saturated heterocycles. The van der Waals surface area contributed by atoms with Gasteiger partial charge in [-0.05, 0) is 109 Å². The Labute approximate surface area is 267 Å². The molecule has 2 N–H and O–H groups in total. The number of amides is 3. The molecule has 0 radical (unpaired) electrons. The summed E-state index contributed by atoms with van der Waals surface area (Å²) in [6.45, 7) is 18.2. The molecule has 0 aliphatic heterocycles. The Morgan fingerprint density at radius 2 is 1.30 bits per heavy atom. The molecular formula is C37H60N4O3. The van der Waals surface area contributed by atoms with Crippen molar-refractivity contribution in [3.05, 3.63) is 50.6 Å². The summed E-state index contributed by atoms with van der Waals surface area (Å²) in [6.07, 6.45) is 22.8. The highest BCUT2D eigenvalue weighted by molar-refractivity contribution is 5.83. The Morgan fingerprint density at radius 3 is 1.86 bits per heavy atom. The van der Waals surface area contributed by atoms with Gasteiger partial charge in [0.25, 0.3) is 0 Å². The van der Waals surface area contributed by atoms with Gasteiger partial charge in [-0.2, -0.15) is 0 Å². The monoisotopic (exact) mass is 608 g/mol. The van der Waals surface area contributed by atoms with Gasteiger partial charge in [-0.3, -0.25) is 19.4 Å². The predicted octanol–water partition coefficient (Wildman–Crippen LogP) is 7.25. The molecule has 2 saturated carbocycles. The fraction of sp³-hybridized carbons (Fsp3) is 0.676. The van der Waals surface area contributed by atoms with Gasteiger partial charge in [0.1, 0.15) is 0 Å². The van der Waals surface area contributed by atoms with Gasteiger partial charge < -0.3 is 15.5 Å². The number of carbonyl (C=O) groups excluding carboxylic acids is 3. The molecule has 0 unspecified atom stereocenters. The third-order valence-electron chi connectivity index (χ3n) is 9.15. The molecule has 2 aliphatic rings. The van der Waals surface area contributed by atoms with Gasteiger partial charge in [-0.1, -0.05) is 24.3 Å². The zero-order valence-corrected chi connectivity index (χ0v) is 27.6. The van der Waals surface area contributed by atoms with Crippen LogP contribution in [-0.4, -0.2) is 59.5 Å². The zero-order chi connectivity index (χ0) is 32.2. The predicted molar refractivity (Wildman–Crippen MR) is 184 cm³/mol. The van der Waals surface area contributed by atoms with Gasteiger partial charge in [0.2, 0.25) is 17.7 Å². The minimum Gasteiger partial charge on any atom is -0.353 e. The molecule has 0 spiro atoms. The number of nitrogens with zero attached hydrogens (tertiary/aromatic N) is 2. The number of aliphatic imine (C=N–C) groups is 1. The second-order valence-corrected chi connectivity index (χ2v) is 13.0. The topological polar surface area (TPSA) is 90.9 Å². The summed E-state index contributed by atoms with van der Waals surface area (Å²) in [5.74, 6) is 1.77. The second-order valence-electron chi connectivity index (χ2n) is 13.0. The van der Waals surface area contributed by atoms with E-state index in [0.717, 1.165) is 50.4 Å². The van der Waals surface area contributed by atoms with Crippen LogP contribution in [0.3, 0.4) is 0 Å². The van der Waals surface area contributed by atoms with Gasteiger partial charge in [0, 0.05) is 56.2 Å². The van der Waals surface area contributed by atoms with Crippen molar-refractivity contribution in [2.75, 3.05) is 13.1 Å². The third kappa shape index (κ3) is 15.2. The fourth-order valence-electron chi connectivity index (χ4n) is 6.77. The molecule has 2 aliphatic carbocycles. The molecule has 44 heavy (non-hydrogen) atoms. The standard InChI is InChI=1S/C37H60N4O3/c1-6-12-32(13-7-2)39-35(42)15-11-16-36(43)40-34-24-20-31(21-25-34)28-30-18-22-33(23-19-30)38-29(5)14-10-17-37(44)41(26-8-3)27-9-4/h6-9,30-34H,1-4,10-28H2,5H3,(H,39,42)(H,40,43). The number of hydrogen-bond donors (Lipinski definition) is 2. The van der Waals surface area contributed by atoms with Gasteiger partial charge in [0.15, 0.2) is 0 Å². The number of carbonyl (C=O) groups is 3. The average Bonchev–Trinajstić information content (AvgIpc) is 2.99. The van der Waals surface area contributed by atoms with E-state index in [1.165, 1.54) is 50.7 Å². The number of nitrogens with one attached hydrogen (secondary N) is 2. The SMILES string of the molecule is C=CCC(CC=C)NC(=O)CCCC(=O)NC1CCC(CC2CCC(N=C(C)CCCC(=O)N(CC=C)CC=C)CC2)CC1. The summed E-state index contributed by atoms with van der Waals surface area (Å²) >= 11 is 0. The molecule has 2 rings (SSSR count). The Kier molecular flexibility index (Phi) is 18.4. The van der Waals surface area contributed by atoms with Crippen molar-refractivity contribution in [3.63, 3.8) is 0 Å². The summed E-state index contributed by atoms with van der Waals surface area (Å²) in [4.78, 5) is 43.9. The van der Waals surface area contributed by atoms with Crippen molar-refractivity contribution in [2.24, 2.45) is 16.8 Å². The van der Waals surface area contributed by atoms with Crippen molar-refractivity contribution < 1.29 is 14.4 Å². The van der Waals surface area contributed by atoms with Gasteiger partial charge in [-0.15, -0.1) is 26.3 Å². The van der Waals surface area contributed by atoms with Crippen molar-refractivity contribution >= 4 is 23.4 Å². The molecule has 0 heterocycles. The van der Waals surface area contributed by atoms with E-state index in [0.29, 0.717) is 44.8 Å². The average molecular weight is 609 g/mol. The van der Waals surface area contributed by atoms with Crippen molar-refractivity contribution in [1.82, 2.24) is 15.5 Å². The largest absolute Gasteiger partial charge is 0.353 e. The lowest BCUT2D eigenvalue weighted by atomic mass is 9.75. The van der Waals surface area contributed by atoms with Crippen LogP contribution in [0.25, 0.3) is 0 Å². The quantitative estimate of drug-likeness (QED) is 0.106. The van der Waals surface area contributed by atoms with E-state index in [1.807, 2.05) is 0 Å². The lowest BCUT2D eigenvalue weighted by Crippen LogP contribution is -2.38. The summed E-state index contributed by atoms with van der Waals surface area (Å²) < 4.78 is 0. The van der Waals surface area contributed by atoms with Crippen molar-refractivity contribution in [3.8, 4) is 0 Å². The van der Waals surface area contributed by atoms with Crippen molar-refractivity contribution in [1.29, 1.82) is 0 Å². The van der Waals surface area contributed by atoms with E-state index in [-0.39, 0.29) is 29.8 Å². The van der Waals surface area contributed by atoms with E-state index in [9.17, 15) is 14.4 Å². The second kappa shape index (κ2) is 21.7. The fourth-order valence-corrected chi connectivity index (χ4v) is 6.77. The highest BCUT2D eigenvalue weighted by atomic mass is 16.2. The first-order chi connectivity index (χ1) is 21.3. The number of rotatable bonds is 21. The molecule has 7 heteroatoms. The van der Waals surface area contributed by atoms with Crippen LogP contribution in [0.15, 0.2) is 55.6 Å². The first kappa shape index (κ1) is 37.2. The highest BCUT2D eigenvalue weighted by Gasteiger charge is 2.27. The van der Waals surface area contributed by atoms with Crippen molar-refractivity contribution in [2.45, 2.75) is 134 Å². The molecule has 0 atom stereocenters. The third-order valence-corrected chi connectivity index (χ3v) is 9.15. The Hall–Kier alpha value is -2.96. The molecule has 0 aromatic carbocycles. The molecule has 7 nitrogen and oxygen atoms in total. The minimum atomic E-state index is -0.0116. The van der Waals surface area contributed by atoms with Crippen LogP contribution in [0, 0.1) is 11.8 Å². The van der Waals surface area contributed by atoms with Crippen LogP contribution in [0.5, 0.6) is 0 Å². The Morgan fingerprint density at radius 1 is 0.750 bits per heavy atom. The molecule has 0 bridgehead atoms. The van der Waals surface area contributed by atoms with Crippen LogP contribution >= 0.6 is 0 Å². The van der Waals surface area contributed by atoms with E-state index in [1.54, 1.807) is 29.2 Å². The van der Waals surface area contributed by atoms with Crippen LogP contribution in [0.1, 0.15) is 116 Å². The lowest BCUT2D eigenvalue weighted by Gasteiger charge is -2.33. The maximum Gasteiger partial charge on any atom is 0.223 e. The smallest absolute Gasteiger partial charge is 0.223 e. The van der Waals surface area contributed by atoms with Crippen LogP contribution < -0.4 is 10.6 Å². The Bertz CT molecular complexity index is 938. The zero-order valence-electron chi connectivity index (χ0n) is 27.6. The maximum atomic E-state index is 12.5. The van der Waals surface area contributed by atoms with E-state index in [2.05, 4.69) is 43.9 Å². The first-order valence-corrected chi connectivity index (χ1v) is 17.1. The molecular weight excluding hydrogens is 548 g/mol. The molecule has 246 valence electrons. The van der Waals surface area contributed by atoms with E-state index >= 15 is 0 Å². The number of hydrogen-bond acceptors (Lipinski definition) is 4. The molecule has 0 aromatic rings. The highest BCUT2D eigenvalue weighted by Crippen LogP contribution is 2.36.